The van der Waals surface area contributed by atoms with Gasteiger partial charge in [0.15, 0.2) is 11.5 Å². The lowest BCUT2D eigenvalue weighted by atomic mass is 10.1. The summed E-state index contributed by atoms with van der Waals surface area (Å²) in [6.45, 7) is 0.158. The first-order valence-electron chi connectivity index (χ1n) is 7.48. The molecule has 26 heavy (non-hydrogen) atoms. The first-order valence-corrected chi connectivity index (χ1v) is 8.46. The van der Waals surface area contributed by atoms with E-state index in [0.717, 1.165) is 12.1 Å². The van der Waals surface area contributed by atoms with Crippen LogP contribution >= 0.6 is 11.8 Å². The molecule has 0 spiro atoms. The standard InChI is InChI=1S/C16H11F3N4O2S/c17-16(18,19)11-3-1-2-10(6-11)8-26-15-20-21-22-23(15)12-4-5-13-14(7-12)25-9-24-13/h1-7H,8-9H2. The zero-order valence-corrected chi connectivity index (χ0v) is 13.9. The van der Waals surface area contributed by atoms with Crippen molar-refractivity contribution in [2.75, 3.05) is 6.79 Å². The summed E-state index contributed by atoms with van der Waals surface area (Å²) in [6, 6.07) is 10.5. The Morgan fingerprint density at radius 1 is 1.08 bits per heavy atom. The zero-order chi connectivity index (χ0) is 18.1. The van der Waals surface area contributed by atoms with Gasteiger partial charge < -0.3 is 9.47 Å². The number of alkyl halides is 3. The van der Waals surface area contributed by atoms with Gasteiger partial charge in [0.1, 0.15) is 0 Å². The SMILES string of the molecule is FC(F)(F)c1cccc(CSc2nnnn2-c2ccc3c(c2)OCO3)c1. The molecule has 0 aliphatic carbocycles. The lowest BCUT2D eigenvalue weighted by Crippen LogP contribution is -2.05. The maximum atomic E-state index is 12.8. The lowest BCUT2D eigenvalue weighted by Gasteiger charge is -2.09. The van der Waals surface area contributed by atoms with Crippen LogP contribution in [0.3, 0.4) is 0 Å². The first-order chi connectivity index (χ1) is 12.5. The minimum atomic E-state index is -4.37. The highest BCUT2D eigenvalue weighted by atomic mass is 32.2. The van der Waals surface area contributed by atoms with Crippen LogP contribution in [0.1, 0.15) is 11.1 Å². The van der Waals surface area contributed by atoms with E-state index in [-0.39, 0.29) is 6.79 Å². The maximum absolute atomic E-state index is 12.8. The molecule has 2 heterocycles. The van der Waals surface area contributed by atoms with E-state index in [2.05, 4.69) is 15.5 Å². The Morgan fingerprint density at radius 2 is 1.92 bits per heavy atom. The summed E-state index contributed by atoms with van der Waals surface area (Å²) < 4.78 is 50.5. The van der Waals surface area contributed by atoms with Crippen LogP contribution in [-0.2, 0) is 11.9 Å². The van der Waals surface area contributed by atoms with Crippen LogP contribution in [0.2, 0.25) is 0 Å². The quantitative estimate of drug-likeness (QED) is 0.643. The number of hydrogen-bond acceptors (Lipinski definition) is 6. The second kappa shape index (κ2) is 6.52. The molecule has 4 rings (SSSR count). The van der Waals surface area contributed by atoms with Crippen molar-refractivity contribution in [1.29, 1.82) is 0 Å². The van der Waals surface area contributed by atoms with Crippen molar-refractivity contribution in [2.45, 2.75) is 17.1 Å². The van der Waals surface area contributed by atoms with Gasteiger partial charge in [-0.15, -0.1) is 5.10 Å². The highest BCUT2D eigenvalue weighted by molar-refractivity contribution is 7.98. The molecule has 1 aromatic heterocycles. The number of rotatable bonds is 4. The van der Waals surface area contributed by atoms with Crippen LogP contribution < -0.4 is 9.47 Å². The van der Waals surface area contributed by atoms with Gasteiger partial charge >= 0.3 is 6.18 Å². The van der Waals surface area contributed by atoms with Crippen LogP contribution in [0.25, 0.3) is 5.69 Å². The van der Waals surface area contributed by atoms with Crippen LogP contribution in [0.4, 0.5) is 13.2 Å². The zero-order valence-electron chi connectivity index (χ0n) is 13.1. The summed E-state index contributed by atoms with van der Waals surface area (Å²) in [5.41, 5.74) is 0.529. The molecule has 2 aromatic carbocycles. The molecule has 0 fully saturated rings. The van der Waals surface area contributed by atoms with Crippen molar-refractivity contribution >= 4 is 11.8 Å². The Balaban J connectivity index is 1.53. The minimum absolute atomic E-state index is 0.158. The van der Waals surface area contributed by atoms with Crippen molar-refractivity contribution in [3.8, 4) is 17.2 Å². The molecule has 134 valence electrons. The van der Waals surface area contributed by atoms with Crippen molar-refractivity contribution in [3.05, 3.63) is 53.6 Å². The van der Waals surface area contributed by atoms with Crippen LogP contribution in [0.15, 0.2) is 47.6 Å². The minimum Gasteiger partial charge on any atom is -0.454 e. The van der Waals surface area contributed by atoms with Crippen LogP contribution in [0.5, 0.6) is 11.5 Å². The Hall–Kier alpha value is -2.75. The molecule has 6 nitrogen and oxygen atoms in total. The van der Waals surface area contributed by atoms with Crippen LogP contribution in [-0.4, -0.2) is 27.0 Å². The van der Waals surface area contributed by atoms with Crippen molar-refractivity contribution in [3.63, 3.8) is 0 Å². The molecular formula is C16H11F3N4O2S. The monoisotopic (exact) mass is 380 g/mol. The summed E-state index contributed by atoms with van der Waals surface area (Å²) >= 11 is 1.24. The molecule has 0 N–H and O–H groups in total. The number of fused-ring (bicyclic) bond motifs is 1. The molecule has 0 unspecified atom stereocenters. The van der Waals surface area contributed by atoms with Crippen LogP contribution in [0, 0.1) is 0 Å². The van der Waals surface area contributed by atoms with E-state index in [4.69, 9.17) is 9.47 Å². The van der Waals surface area contributed by atoms with E-state index in [1.165, 1.54) is 22.5 Å². The smallest absolute Gasteiger partial charge is 0.416 e. The molecule has 3 aromatic rings. The number of ether oxygens (including phenoxy) is 2. The molecule has 0 bridgehead atoms. The van der Waals surface area contributed by atoms with Gasteiger partial charge in [0.05, 0.1) is 11.3 Å². The van der Waals surface area contributed by atoms with E-state index in [9.17, 15) is 13.2 Å². The summed E-state index contributed by atoms with van der Waals surface area (Å²) in [4.78, 5) is 0. The average Bonchev–Trinajstić information content (AvgIpc) is 3.27. The van der Waals surface area contributed by atoms with Crippen molar-refractivity contribution in [2.24, 2.45) is 0 Å². The Morgan fingerprint density at radius 3 is 2.77 bits per heavy atom. The Labute approximate surface area is 149 Å². The number of tetrazole rings is 1. The predicted octanol–water partition coefficient (Wildman–Crippen LogP) is 3.70. The van der Waals surface area contributed by atoms with Gasteiger partial charge in [-0.25, -0.2) is 0 Å². The molecule has 1 aliphatic rings. The molecule has 0 atom stereocenters. The fourth-order valence-electron chi connectivity index (χ4n) is 2.43. The molecule has 1 aliphatic heterocycles. The second-order valence-corrected chi connectivity index (χ2v) is 6.34. The van der Waals surface area contributed by atoms with Gasteiger partial charge in [0, 0.05) is 11.8 Å². The number of hydrogen-bond donors (Lipinski definition) is 0. The number of benzene rings is 2. The van der Waals surface area contributed by atoms with Gasteiger partial charge in [0.25, 0.3) is 0 Å². The average molecular weight is 380 g/mol. The molecule has 10 heteroatoms. The predicted molar refractivity (Wildman–Crippen MR) is 86.3 cm³/mol. The summed E-state index contributed by atoms with van der Waals surface area (Å²) in [6.07, 6.45) is -4.37. The summed E-state index contributed by atoms with van der Waals surface area (Å²) in [5, 5.41) is 12.0. The van der Waals surface area contributed by atoms with E-state index in [1.54, 1.807) is 24.3 Å². The second-order valence-electron chi connectivity index (χ2n) is 5.40. The van der Waals surface area contributed by atoms with Gasteiger partial charge in [-0.05, 0) is 34.2 Å². The highest BCUT2D eigenvalue weighted by Gasteiger charge is 2.30. The fourth-order valence-corrected chi connectivity index (χ4v) is 3.27. The number of aromatic nitrogens is 4. The summed E-state index contributed by atoms with van der Waals surface area (Å²) in [7, 11) is 0. The third kappa shape index (κ3) is 3.32. The van der Waals surface area contributed by atoms with Gasteiger partial charge in [0.2, 0.25) is 11.9 Å². The van der Waals surface area contributed by atoms with Gasteiger partial charge in [-0.2, -0.15) is 17.9 Å². The lowest BCUT2D eigenvalue weighted by molar-refractivity contribution is -0.137. The third-order valence-corrected chi connectivity index (χ3v) is 4.65. The highest BCUT2D eigenvalue weighted by Crippen LogP contribution is 2.35. The Kier molecular flexibility index (Phi) is 4.19. The fraction of sp³-hybridized carbons (Fsp3) is 0.188. The summed E-state index contributed by atoms with van der Waals surface area (Å²) in [5.74, 6) is 1.53. The number of halogens is 3. The van der Waals surface area contributed by atoms with Crippen molar-refractivity contribution < 1.29 is 22.6 Å². The Bertz CT molecular complexity index is 945. The largest absolute Gasteiger partial charge is 0.454 e. The maximum Gasteiger partial charge on any atom is 0.416 e. The molecular weight excluding hydrogens is 369 g/mol. The normalized spacial score (nSPS) is 13.2. The van der Waals surface area contributed by atoms with Gasteiger partial charge in [-0.3, -0.25) is 0 Å². The topological polar surface area (TPSA) is 62.1 Å². The molecule has 0 saturated carbocycles. The number of thioether (sulfide) groups is 1. The number of nitrogens with zero attached hydrogens (tertiary/aromatic N) is 4. The van der Waals surface area contributed by atoms with Gasteiger partial charge in [-0.1, -0.05) is 30.0 Å². The van der Waals surface area contributed by atoms with E-state index >= 15 is 0 Å². The first kappa shape index (κ1) is 16.7. The van der Waals surface area contributed by atoms with E-state index in [0.29, 0.717) is 33.7 Å². The molecule has 0 amide bonds. The van der Waals surface area contributed by atoms with Crippen molar-refractivity contribution in [1.82, 2.24) is 20.2 Å². The molecule has 0 radical (unpaired) electrons. The van der Waals surface area contributed by atoms with E-state index in [1.807, 2.05) is 0 Å². The van der Waals surface area contributed by atoms with E-state index < -0.39 is 11.7 Å². The molecule has 0 saturated heterocycles. The third-order valence-electron chi connectivity index (χ3n) is 3.66.